The summed E-state index contributed by atoms with van der Waals surface area (Å²) in [6, 6.07) is 9.44. The van der Waals surface area contributed by atoms with Crippen molar-refractivity contribution in [3.05, 3.63) is 75.4 Å². The molecule has 0 bridgehead atoms. The number of halogens is 1. The summed E-state index contributed by atoms with van der Waals surface area (Å²) in [5.74, 6) is -0.915. The van der Waals surface area contributed by atoms with Crippen LogP contribution < -0.4 is 5.43 Å². The maximum atomic E-state index is 13.7. The van der Waals surface area contributed by atoms with Crippen LogP contribution in [-0.2, 0) is 0 Å². The van der Waals surface area contributed by atoms with Crippen LogP contribution in [0.15, 0.2) is 51.7 Å². The average Bonchev–Trinajstić information content (AvgIpc) is 2.95. The fraction of sp³-hybridized carbons (Fsp3) is 0.273. The van der Waals surface area contributed by atoms with E-state index in [0.717, 1.165) is 12.6 Å². The monoisotopic (exact) mass is 396 g/mol. The molecule has 1 aliphatic rings. The van der Waals surface area contributed by atoms with Crippen molar-refractivity contribution in [1.82, 2.24) is 9.80 Å². The van der Waals surface area contributed by atoms with Crippen molar-refractivity contribution in [1.29, 1.82) is 0 Å². The molecule has 1 N–H and O–H groups in total. The number of hydrogen-bond donors (Lipinski definition) is 1. The first-order chi connectivity index (χ1) is 13.9. The van der Waals surface area contributed by atoms with Crippen molar-refractivity contribution in [3.63, 3.8) is 0 Å². The van der Waals surface area contributed by atoms with Crippen LogP contribution in [0.4, 0.5) is 4.39 Å². The molecular weight excluding hydrogens is 375 g/mol. The summed E-state index contributed by atoms with van der Waals surface area (Å²) in [5, 5.41) is 10.0. The number of phenolic OH excluding ortho intramolecular Hbond substituents is 1. The van der Waals surface area contributed by atoms with Crippen molar-refractivity contribution in [2.24, 2.45) is 0 Å². The van der Waals surface area contributed by atoms with Crippen LogP contribution in [0.1, 0.15) is 34.1 Å². The molecule has 1 unspecified atom stereocenters. The Morgan fingerprint density at radius 1 is 1.17 bits per heavy atom. The predicted molar refractivity (Wildman–Crippen MR) is 107 cm³/mol. The molecule has 1 aliphatic heterocycles. The van der Waals surface area contributed by atoms with E-state index in [2.05, 4.69) is 0 Å². The molecule has 0 fully saturated rings. The van der Waals surface area contributed by atoms with E-state index in [1.165, 1.54) is 24.3 Å². The van der Waals surface area contributed by atoms with E-state index in [4.69, 9.17) is 4.42 Å². The van der Waals surface area contributed by atoms with Crippen LogP contribution in [0.25, 0.3) is 11.0 Å². The Hall–Kier alpha value is -3.19. The average molecular weight is 396 g/mol. The summed E-state index contributed by atoms with van der Waals surface area (Å²) in [4.78, 5) is 30.0. The highest BCUT2D eigenvalue weighted by atomic mass is 19.1. The van der Waals surface area contributed by atoms with E-state index in [1.807, 2.05) is 19.0 Å². The van der Waals surface area contributed by atoms with Gasteiger partial charge in [0.05, 0.1) is 17.0 Å². The third-order valence-corrected chi connectivity index (χ3v) is 5.12. The highest BCUT2D eigenvalue weighted by Gasteiger charge is 2.42. The van der Waals surface area contributed by atoms with Gasteiger partial charge in [0.25, 0.3) is 5.91 Å². The molecule has 0 spiro atoms. The fourth-order valence-corrected chi connectivity index (χ4v) is 3.82. The number of benzene rings is 2. The fourth-order valence-electron chi connectivity index (χ4n) is 3.82. The van der Waals surface area contributed by atoms with Gasteiger partial charge in [-0.1, -0.05) is 12.1 Å². The summed E-state index contributed by atoms with van der Waals surface area (Å²) in [7, 11) is 3.89. The molecule has 6 nitrogen and oxygen atoms in total. The van der Waals surface area contributed by atoms with Gasteiger partial charge in [0.2, 0.25) is 5.76 Å². The summed E-state index contributed by atoms with van der Waals surface area (Å²) < 4.78 is 19.5. The van der Waals surface area contributed by atoms with Gasteiger partial charge in [0.15, 0.2) is 5.43 Å². The van der Waals surface area contributed by atoms with Crippen LogP contribution in [0.3, 0.4) is 0 Å². The molecule has 2 heterocycles. The maximum absolute atomic E-state index is 13.7. The van der Waals surface area contributed by atoms with Gasteiger partial charge in [-0.3, -0.25) is 9.59 Å². The number of amides is 1. The number of nitrogens with zero attached hydrogens (tertiary/aromatic N) is 2. The van der Waals surface area contributed by atoms with Crippen molar-refractivity contribution >= 4 is 16.9 Å². The number of rotatable bonds is 5. The lowest BCUT2D eigenvalue weighted by Gasteiger charge is -2.25. The number of phenols is 1. The predicted octanol–water partition coefficient (Wildman–Crippen LogP) is 3.13. The molecule has 4 rings (SSSR count). The van der Waals surface area contributed by atoms with Crippen LogP contribution in [-0.4, -0.2) is 48.0 Å². The third kappa shape index (κ3) is 3.38. The Kier molecular flexibility index (Phi) is 4.84. The molecule has 0 saturated carbocycles. The highest BCUT2D eigenvalue weighted by molar-refractivity contribution is 5.99. The standard InChI is InChI=1S/C22H21FN2O4/c1-24(2)9-4-10-25-19(13-5-3-6-15(26)11-13)18-20(27)16-12-14(23)7-8-17(16)29-21(18)22(25)28/h3,5-8,11-12,19,26H,4,9-10H2,1-2H3. The minimum atomic E-state index is -0.698. The normalized spacial score (nSPS) is 16.1. The summed E-state index contributed by atoms with van der Waals surface area (Å²) in [6.45, 7) is 1.17. The van der Waals surface area contributed by atoms with Gasteiger partial charge in [-0.25, -0.2) is 4.39 Å². The van der Waals surface area contributed by atoms with Crippen molar-refractivity contribution < 1.29 is 18.7 Å². The number of aromatic hydroxyl groups is 1. The molecule has 150 valence electrons. The molecule has 1 atom stereocenters. The van der Waals surface area contributed by atoms with Gasteiger partial charge in [-0.15, -0.1) is 0 Å². The number of carbonyl (C=O) groups excluding carboxylic acids is 1. The lowest BCUT2D eigenvalue weighted by atomic mass is 9.98. The molecule has 29 heavy (non-hydrogen) atoms. The van der Waals surface area contributed by atoms with Crippen molar-refractivity contribution in [2.75, 3.05) is 27.2 Å². The largest absolute Gasteiger partial charge is 0.508 e. The molecule has 7 heteroatoms. The van der Waals surface area contributed by atoms with E-state index in [1.54, 1.807) is 17.0 Å². The summed E-state index contributed by atoms with van der Waals surface area (Å²) in [5.41, 5.74) is 0.527. The second-order valence-corrected chi connectivity index (χ2v) is 7.47. The van der Waals surface area contributed by atoms with Crippen LogP contribution >= 0.6 is 0 Å². The molecule has 0 saturated heterocycles. The summed E-state index contributed by atoms with van der Waals surface area (Å²) >= 11 is 0. The minimum absolute atomic E-state index is 0.0210. The van der Waals surface area contributed by atoms with E-state index in [-0.39, 0.29) is 33.9 Å². The molecule has 1 amide bonds. The maximum Gasteiger partial charge on any atom is 0.290 e. The first-order valence-corrected chi connectivity index (χ1v) is 9.37. The van der Waals surface area contributed by atoms with Gasteiger partial charge in [0, 0.05) is 6.54 Å². The van der Waals surface area contributed by atoms with Crippen molar-refractivity contribution in [3.8, 4) is 5.75 Å². The number of hydrogen-bond acceptors (Lipinski definition) is 5. The molecular formula is C22H21FN2O4. The Morgan fingerprint density at radius 3 is 2.69 bits per heavy atom. The van der Waals surface area contributed by atoms with Gasteiger partial charge < -0.3 is 19.3 Å². The Balaban J connectivity index is 1.89. The Labute approximate surface area is 166 Å². The quantitative estimate of drug-likeness (QED) is 0.717. The van der Waals surface area contributed by atoms with E-state index >= 15 is 0 Å². The second kappa shape index (κ2) is 7.33. The van der Waals surface area contributed by atoms with Crippen LogP contribution in [0.2, 0.25) is 0 Å². The molecule has 0 radical (unpaired) electrons. The van der Waals surface area contributed by atoms with Crippen LogP contribution in [0.5, 0.6) is 5.75 Å². The third-order valence-electron chi connectivity index (χ3n) is 5.12. The lowest BCUT2D eigenvalue weighted by Crippen LogP contribution is -2.32. The van der Waals surface area contributed by atoms with Crippen molar-refractivity contribution in [2.45, 2.75) is 12.5 Å². The first-order valence-electron chi connectivity index (χ1n) is 9.37. The first kappa shape index (κ1) is 19.1. The van der Waals surface area contributed by atoms with Gasteiger partial charge in [-0.05, 0) is 63.0 Å². The molecule has 0 aliphatic carbocycles. The van der Waals surface area contributed by atoms with E-state index in [9.17, 15) is 19.1 Å². The van der Waals surface area contributed by atoms with Gasteiger partial charge in [0.1, 0.15) is 17.1 Å². The molecule has 3 aromatic rings. The smallest absolute Gasteiger partial charge is 0.290 e. The van der Waals surface area contributed by atoms with Crippen LogP contribution in [0, 0.1) is 5.82 Å². The Bertz CT molecular complexity index is 1160. The summed E-state index contributed by atoms with van der Waals surface area (Å²) in [6.07, 6.45) is 0.699. The van der Waals surface area contributed by atoms with E-state index in [0.29, 0.717) is 18.5 Å². The molecule has 2 aromatic carbocycles. The van der Waals surface area contributed by atoms with Gasteiger partial charge in [-0.2, -0.15) is 0 Å². The zero-order valence-electron chi connectivity index (χ0n) is 16.2. The second-order valence-electron chi connectivity index (χ2n) is 7.47. The molecule has 1 aromatic heterocycles. The zero-order valence-corrected chi connectivity index (χ0v) is 16.2. The van der Waals surface area contributed by atoms with E-state index < -0.39 is 17.3 Å². The SMILES string of the molecule is CN(C)CCCN1C(=O)c2oc3ccc(F)cc3c(=O)c2C1c1cccc(O)c1. The lowest BCUT2D eigenvalue weighted by molar-refractivity contribution is 0.0722. The number of carbonyl (C=O) groups is 1. The Morgan fingerprint density at radius 2 is 1.97 bits per heavy atom. The van der Waals surface area contributed by atoms with Gasteiger partial charge >= 0.3 is 0 Å². The minimum Gasteiger partial charge on any atom is -0.508 e. The number of fused-ring (bicyclic) bond motifs is 2. The highest BCUT2D eigenvalue weighted by Crippen LogP contribution is 2.39. The zero-order chi connectivity index (χ0) is 20.7. The topological polar surface area (TPSA) is 74.0 Å².